The molecule has 458 valence electrons. The summed E-state index contributed by atoms with van der Waals surface area (Å²) < 4.78 is 182. The number of hydrogen-bond donors (Lipinski definition) is 1. The van der Waals surface area contributed by atoms with Crippen LogP contribution in [0.2, 0.25) is 0 Å². The minimum absolute atomic E-state index is 0.0378. The molecule has 2 atom stereocenters. The molecule has 83 heavy (non-hydrogen) atoms. The summed E-state index contributed by atoms with van der Waals surface area (Å²) in [4.78, 5) is 17.5. The Balaban J connectivity index is 1.35. The lowest BCUT2D eigenvalue weighted by Gasteiger charge is -2.26. The van der Waals surface area contributed by atoms with Gasteiger partial charge in [0.05, 0.1) is 61.7 Å². The number of hydrogen-bond acceptors (Lipinski definition) is 19. The Kier molecular flexibility index (Phi) is 25.3. The third-order valence-corrected chi connectivity index (χ3v) is 18.6. The normalized spacial score (nSPS) is 15.5. The van der Waals surface area contributed by atoms with Crippen molar-refractivity contribution in [1.82, 2.24) is 25.1 Å². The number of pyridine rings is 2. The van der Waals surface area contributed by atoms with Gasteiger partial charge in [0.1, 0.15) is 22.4 Å². The molecule has 0 spiro atoms. The number of ether oxygens (including phenoxy) is 2. The number of aromatic nitrogens is 2. The van der Waals surface area contributed by atoms with E-state index in [0.717, 1.165) is 0 Å². The summed E-state index contributed by atoms with van der Waals surface area (Å²) in [7, 11) is -9.37. The second-order valence-electron chi connectivity index (χ2n) is 19.3. The summed E-state index contributed by atoms with van der Waals surface area (Å²) >= 11 is 0. The van der Waals surface area contributed by atoms with E-state index in [9.17, 15) is 52.3 Å². The van der Waals surface area contributed by atoms with Gasteiger partial charge in [-0.1, -0.05) is 23.7 Å². The van der Waals surface area contributed by atoms with Gasteiger partial charge in [-0.15, -0.1) is 0 Å². The number of nitrogens with zero attached hydrogens (tertiary/aromatic N) is 6. The zero-order chi connectivity index (χ0) is 61.2. The number of alkyl halides is 6. The molecule has 5 rings (SSSR count). The first-order chi connectivity index (χ1) is 38.9. The predicted octanol–water partition coefficient (Wildman–Crippen LogP) is 6.81. The van der Waals surface area contributed by atoms with Gasteiger partial charge in [0, 0.05) is 115 Å². The summed E-state index contributed by atoms with van der Waals surface area (Å²) in [5.74, 6) is 12.3. The Labute approximate surface area is 482 Å². The summed E-state index contributed by atoms with van der Waals surface area (Å²) in [6.07, 6.45) is -9.66. The first-order valence-corrected chi connectivity index (χ1v) is 33.5. The van der Waals surface area contributed by atoms with Gasteiger partial charge in [0.2, 0.25) is 14.7 Å². The summed E-state index contributed by atoms with van der Waals surface area (Å²) in [5.41, 5.74) is 4.89. The maximum absolute atomic E-state index is 13.9. The van der Waals surface area contributed by atoms with Gasteiger partial charge >= 0.3 is 12.4 Å². The van der Waals surface area contributed by atoms with Crippen LogP contribution in [-0.2, 0) is 59.9 Å². The molecule has 2 aromatic carbocycles. The van der Waals surface area contributed by atoms with Crippen LogP contribution >= 0.6 is 14.7 Å². The van der Waals surface area contributed by atoms with Crippen LogP contribution in [0.5, 0.6) is 11.5 Å². The zero-order valence-corrected chi connectivity index (χ0v) is 51.0. The molecule has 1 fully saturated rings. The van der Waals surface area contributed by atoms with E-state index in [4.69, 9.17) is 28.5 Å². The standard InChI is InChI=1S/C54H71F6N7O12P2S2/c1-9-76-80(7,68)51-35-43(15-13-41-17-19-49(74-5)47(33-41)64(3)23-11-29-82(70,71)78-39-53(55,56)57)31-45(62-51)37-66-25-21-61-22-26-67(28-27-66)38-46-32-44(36-52(63-46)81(8,69)77-10-2)16-14-42-18-20-50(75-6)48(34-42)65(4)24-12-30-83(72,73)79-40-54(58,59)60/h17-20,31-36,61H,9-12,21-30,37-40H2,1-8H3. The molecule has 2 unspecified atom stereocenters. The fraction of sp³-hybridized carbons (Fsp3) is 0.519. The fourth-order valence-corrected chi connectivity index (χ4v) is 12.9. The van der Waals surface area contributed by atoms with Gasteiger partial charge in [-0.2, -0.15) is 43.2 Å². The van der Waals surface area contributed by atoms with Crippen molar-refractivity contribution in [2.75, 3.05) is 142 Å². The molecule has 19 nitrogen and oxygen atoms in total. The predicted molar refractivity (Wildman–Crippen MR) is 307 cm³/mol. The van der Waals surface area contributed by atoms with E-state index >= 15 is 0 Å². The Morgan fingerprint density at radius 2 is 0.964 bits per heavy atom. The van der Waals surface area contributed by atoms with E-state index in [2.05, 4.69) is 47.2 Å². The number of nitrogens with one attached hydrogen (secondary N) is 1. The van der Waals surface area contributed by atoms with Crippen molar-refractivity contribution in [3.8, 4) is 35.2 Å². The van der Waals surface area contributed by atoms with Crippen molar-refractivity contribution >= 4 is 57.2 Å². The lowest BCUT2D eigenvalue weighted by Crippen LogP contribution is -2.36. The molecule has 0 aliphatic carbocycles. The van der Waals surface area contributed by atoms with E-state index in [1.54, 1.807) is 86.3 Å². The highest BCUT2D eigenvalue weighted by molar-refractivity contribution is 7.86. The number of halogens is 6. The quantitative estimate of drug-likeness (QED) is 0.0296. The van der Waals surface area contributed by atoms with Crippen LogP contribution in [0.25, 0.3) is 0 Å². The SMILES string of the molecule is CCOP(C)(=O)c1cc(C#Cc2ccc(OC)c(N(C)CCCS(=O)(=O)OCC(F)(F)F)c2)cc(CN2CCNCCN(Cc3cc(C#Cc4ccc(OC)c(N(C)CCCS(=O)(=O)OCC(F)(F)F)c4)cc(P(C)(=O)OCC)n3)CC2)n1. The van der Waals surface area contributed by atoms with Crippen LogP contribution in [0.4, 0.5) is 37.7 Å². The average molecular weight is 1250 g/mol. The minimum atomic E-state index is -4.79. The van der Waals surface area contributed by atoms with Crippen molar-refractivity contribution < 1.29 is 79.2 Å². The molecular weight excluding hydrogens is 1180 g/mol. The number of anilines is 2. The van der Waals surface area contributed by atoms with Crippen LogP contribution < -0.4 is 35.5 Å². The van der Waals surface area contributed by atoms with E-state index in [0.29, 0.717) is 109 Å². The third-order valence-electron chi connectivity index (χ3n) is 12.5. The smallest absolute Gasteiger partial charge is 0.413 e. The van der Waals surface area contributed by atoms with E-state index < -0.39 is 72.0 Å². The number of methoxy groups -OCH3 is 2. The van der Waals surface area contributed by atoms with Gasteiger partial charge < -0.3 is 33.6 Å². The third kappa shape index (κ3) is 23.3. The molecule has 1 saturated heterocycles. The number of rotatable bonds is 26. The van der Waals surface area contributed by atoms with Crippen molar-refractivity contribution in [1.29, 1.82) is 0 Å². The minimum Gasteiger partial charge on any atom is -0.495 e. The van der Waals surface area contributed by atoms with Crippen LogP contribution in [0, 0.1) is 23.7 Å². The second-order valence-corrected chi connectivity index (χ2v) is 27.7. The van der Waals surface area contributed by atoms with Crippen LogP contribution in [0.15, 0.2) is 60.7 Å². The van der Waals surface area contributed by atoms with Gasteiger partial charge in [0.25, 0.3) is 20.2 Å². The van der Waals surface area contributed by atoms with Crippen LogP contribution in [0.1, 0.15) is 60.3 Å². The Morgan fingerprint density at radius 3 is 1.31 bits per heavy atom. The molecule has 29 heteroatoms. The molecule has 1 N–H and O–H groups in total. The maximum Gasteiger partial charge on any atom is 0.413 e. The van der Waals surface area contributed by atoms with Gasteiger partial charge in [-0.3, -0.25) is 27.3 Å². The van der Waals surface area contributed by atoms with Crippen molar-refractivity contribution in [3.05, 3.63) is 94.3 Å². The number of benzene rings is 2. The molecular formula is C54H71F6N7O12P2S2. The van der Waals surface area contributed by atoms with Crippen LogP contribution in [-0.4, -0.2) is 181 Å². The highest BCUT2D eigenvalue weighted by Crippen LogP contribution is 2.41. The van der Waals surface area contributed by atoms with Crippen molar-refractivity contribution in [3.63, 3.8) is 0 Å². The lowest BCUT2D eigenvalue weighted by atomic mass is 10.1. The molecule has 0 amide bonds. The van der Waals surface area contributed by atoms with E-state index in [-0.39, 0.29) is 50.0 Å². The first kappa shape index (κ1) is 68.5. The average Bonchev–Trinajstić information content (AvgIpc) is 3.71. The lowest BCUT2D eigenvalue weighted by molar-refractivity contribution is -0.153. The Bertz CT molecular complexity index is 3090. The summed E-state index contributed by atoms with van der Waals surface area (Å²) in [5, 5.41) is 3.50. The molecule has 1 aliphatic heterocycles. The molecule has 2 aromatic heterocycles. The topological polar surface area (TPSA) is 209 Å². The van der Waals surface area contributed by atoms with E-state index in [1.807, 2.05) is 12.1 Å². The molecule has 4 aromatic rings. The maximum atomic E-state index is 13.9. The summed E-state index contributed by atoms with van der Waals surface area (Å²) in [6.45, 7) is 7.71. The van der Waals surface area contributed by atoms with Gasteiger partial charge in [-0.25, -0.2) is 9.97 Å². The molecule has 0 bridgehead atoms. The molecule has 1 aliphatic rings. The Morgan fingerprint density at radius 1 is 0.590 bits per heavy atom. The van der Waals surface area contributed by atoms with Gasteiger partial charge in [-0.05, 0) is 87.4 Å². The van der Waals surface area contributed by atoms with E-state index in [1.165, 1.54) is 27.5 Å². The molecule has 0 saturated carbocycles. The van der Waals surface area contributed by atoms with Crippen molar-refractivity contribution in [2.24, 2.45) is 0 Å². The molecule has 3 heterocycles. The molecule has 0 radical (unpaired) electrons. The highest BCUT2D eigenvalue weighted by atomic mass is 32.2. The second kappa shape index (κ2) is 30.7. The zero-order valence-electron chi connectivity index (χ0n) is 47.6. The van der Waals surface area contributed by atoms with Crippen LogP contribution in [0.3, 0.4) is 0 Å². The fourth-order valence-electron chi connectivity index (χ4n) is 8.42. The monoisotopic (exact) mass is 1250 g/mol. The first-order valence-electron chi connectivity index (χ1n) is 26.2. The Hall–Kier alpha value is -5.28. The highest BCUT2D eigenvalue weighted by Gasteiger charge is 2.32. The summed E-state index contributed by atoms with van der Waals surface area (Å²) in [6, 6.07) is 17.2. The largest absolute Gasteiger partial charge is 0.495 e. The van der Waals surface area contributed by atoms with Crippen molar-refractivity contribution in [2.45, 2.75) is 52.1 Å². The van der Waals surface area contributed by atoms with Gasteiger partial charge in [0.15, 0.2) is 13.2 Å².